The zero-order valence-electron chi connectivity index (χ0n) is 20.7. The van der Waals surface area contributed by atoms with E-state index in [-0.39, 0.29) is 11.6 Å². The molecule has 2 heterocycles. The molecule has 0 bridgehead atoms. The third kappa shape index (κ3) is 5.57. The molecule has 0 saturated carbocycles. The van der Waals surface area contributed by atoms with Crippen molar-refractivity contribution in [1.82, 2.24) is 10.2 Å². The van der Waals surface area contributed by atoms with Crippen LogP contribution in [0.15, 0.2) is 46.6 Å². The van der Waals surface area contributed by atoms with Crippen molar-refractivity contribution in [2.24, 2.45) is 5.92 Å². The molecule has 0 aromatic heterocycles. The number of carbonyl (C=O) groups is 1. The fraction of sp³-hybridized carbons (Fsp3) is 0.536. The van der Waals surface area contributed by atoms with Crippen LogP contribution in [0.25, 0.3) is 6.08 Å². The van der Waals surface area contributed by atoms with E-state index in [0.717, 1.165) is 48.3 Å². The van der Waals surface area contributed by atoms with Gasteiger partial charge in [0.1, 0.15) is 5.60 Å². The van der Waals surface area contributed by atoms with Crippen molar-refractivity contribution in [3.63, 3.8) is 0 Å². The van der Waals surface area contributed by atoms with Gasteiger partial charge in [0.25, 0.3) is 0 Å². The zero-order valence-corrected chi connectivity index (χ0v) is 23.0. The quantitative estimate of drug-likeness (QED) is 0.418. The second kappa shape index (κ2) is 10.1. The third-order valence-corrected chi connectivity index (χ3v) is 8.23. The number of piperidine rings is 1. The van der Waals surface area contributed by atoms with Crippen LogP contribution in [0.5, 0.6) is 0 Å². The Morgan fingerprint density at radius 2 is 2.00 bits per heavy atom. The Balaban J connectivity index is 1.41. The van der Waals surface area contributed by atoms with Gasteiger partial charge in [0.2, 0.25) is 0 Å². The summed E-state index contributed by atoms with van der Waals surface area (Å²) in [5.74, 6) is 0.977. The van der Waals surface area contributed by atoms with E-state index in [1.54, 1.807) is 0 Å². The molecule has 3 aliphatic rings. The predicted octanol–water partition coefficient (Wildman–Crippen LogP) is 7.79. The average Bonchev–Trinajstić information content (AvgIpc) is 2.85. The average molecular weight is 548 g/mol. The minimum atomic E-state index is -0.442. The lowest BCUT2D eigenvalue weighted by atomic mass is 9.72. The molecule has 1 amide bonds. The van der Waals surface area contributed by atoms with Crippen LogP contribution in [0.4, 0.5) is 4.79 Å². The van der Waals surface area contributed by atoms with Gasteiger partial charge in [-0.1, -0.05) is 52.5 Å². The number of allylic oxidation sites excluding steroid dienone is 2. The summed E-state index contributed by atoms with van der Waals surface area (Å²) in [6.07, 6.45) is 13.9. The number of hydrogen-bond donors (Lipinski definition) is 1. The number of halogens is 2. The van der Waals surface area contributed by atoms with E-state index in [2.05, 4.69) is 64.7 Å². The highest BCUT2D eigenvalue weighted by Gasteiger charge is 2.42. The summed E-state index contributed by atoms with van der Waals surface area (Å²) in [7, 11) is 0. The molecular weight excluding hydrogens is 512 g/mol. The van der Waals surface area contributed by atoms with Crippen LogP contribution in [0.2, 0.25) is 5.02 Å². The van der Waals surface area contributed by atoms with E-state index in [0.29, 0.717) is 11.8 Å². The number of amides is 1. The van der Waals surface area contributed by atoms with Crippen LogP contribution in [0, 0.1) is 5.92 Å². The van der Waals surface area contributed by atoms with Crippen LogP contribution in [0.1, 0.15) is 76.8 Å². The Bertz CT molecular complexity index is 1020. The van der Waals surface area contributed by atoms with Gasteiger partial charge in [0.15, 0.2) is 0 Å². The van der Waals surface area contributed by atoms with Gasteiger partial charge in [-0.15, -0.1) is 0 Å². The minimum Gasteiger partial charge on any atom is -0.444 e. The lowest BCUT2D eigenvalue weighted by Crippen LogP contribution is -2.47. The van der Waals surface area contributed by atoms with Crippen LogP contribution >= 0.6 is 27.5 Å². The number of nitrogens with zero attached hydrogens (tertiary/aromatic N) is 1. The Labute approximate surface area is 217 Å². The van der Waals surface area contributed by atoms with E-state index in [1.165, 1.54) is 23.1 Å². The smallest absolute Gasteiger partial charge is 0.410 e. The van der Waals surface area contributed by atoms with E-state index in [9.17, 15) is 4.79 Å². The number of dihydropyridines is 1. The van der Waals surface area contributed by atoms with Gasteiger partial charge in [-0.05, 0) is 100 Å². The Morgan fingerprint density at radius 1 is 1.26 bits per heavy atom. The van der Waals surface area contributed by atoms with Crippen molar-refractivity contribution in [2.75, 3.05) is 13.1 Å². The van der Waals surface area contributed by atoms with E-state index < -0.39 is 5.60 Å². The van der Waals surface area contributed by atoms with E-state index >= 15 is 0 Å². The molecule has 4 nitrogen and oxygen atoms in total. The standard InChI is InChI=1S/C28H36BrClN2O2/c1-27(2,3)34-26(33)32-15-12-19(13-16-32)7-5-8-23-22-11-10-21(30)17-20(22)18-25(29)24-9-6-14-31-28(23,24)4/h6,9-11,14,17-19,23,31H,5,7-8,12-13,15-16H2,1-4H3. The SMILES string of the molecule is CC(C)(C)OC(=O)N1CCC(CCCC2c3ccc(Cl)cc3C=C(Br)C3=CC=CNC32C)CC1. The van der Waals surface area contributed by atoms with Crippen molar-refractivity contribution in [3.05, 3.63) is 62.8 Å². The summed E-state index contributed by atoms with van der Waals surface area (Å²) >= 11 is 10.2. The predicted molar refractivity (Wildman–Crippen MR) is 144 cm³/mol. The molecule has 1 aromatic rings. The molecule has 34 heavy (non-hydrogen) atoms. The van der Waals surface area contributed by atoms with Gasteiger partial charge in [-0.3, -0.25) is 0 Å². The van der Waals surface area contributed by atoms with E-state index in [4.69, 9.17) is 16.3 Å². The first-order valence-corrected chi connectivity index (χ1v) is 13.5. The molecule has 1 N–H and O–H groups in total. The molecule has 0 radical (unpaired) electrons. The Morgan fingerprint density at radius 3 is 2.71 bits per heavy atom. The number of hydrogen-bond acceptors (Lipinski definition) is 3. The molecule has 0 spiro atoms. The van der Waals surface area contributed by atoms with Crippen molar-refractivity contribution in [2.45, 2.75) is 76.9 Å². The number of benzene rings is 1. The van der Waals surface area contributed by atoms with Gasteiger partial charge in [-0.25, -0.2) is 4.79 Å². The van der Waals surface area contributed by atoms with Gasteiger partial charge < -0.3 is 15.0 Å². The summed E-state index contributed by atoms with van der Waals surface area (Å²) in [6, 6.07) is 6.29. The van der Waals surface area contributed by atoms with Gasteiger partial charge in [0, 0.05) is 28.5 Å². The number of carbonyl (C=O) groups excluding carboxylic acids is 1. The van der Waals surface area contributed by atoms with Crippen molar-refractivity contribution >= 4 is 39.7 Å². The molecule has 1 saturated heterocycles. The van der Waals surface area contributed by atoms with E-state index in [1.807, 2.05) is 31.7 Å². The zero-order chi connectivity index (χ0) is 24.5. The monoisotopic (exact) mass is 546 g/mol. The molecule has 1 aromatic carbocycles. The highest BCUT2D eigenvalue weighted by Crippen LogP contribution is 2.48. The highest BCUT2D eigenvalue weighted by atomic mass is 79.9. The molecule has 4 rings (SSSR count). The molecule has 2 unspecified atom stereocenters. The minimum absolute atomic E-state index is 0.179. The Kier molecular flexibility index (Phi) is 7.54. The summed E-state index contributed by atoms with van der Waals surface area (Å²) in [5.41, 5.74) is 3.17. The number of fused-ring (bicyclic) bond motifs is 2. The molecule has 6 heteroatoms. The number of rotatable bonds is 4. The molecule has 2 atom stereocenters. The molecular formula is C28H36BrClN2O2. The van der Waals surface area contributed by atoms with Crippen molar-refractivity contribution in [1.29, 1.82) is 0 Å². The summed E-state index contributed by atoms with van der Waals surface area (Å²) < 4.78 is 6.65. The maximum atomic E-state index is 12.4. The second-order valence-electron chi connectivity index (χ2n) is 10.9. The number of likely N-dealkylation sites (tertiary alicyclic amines) is 1. The molecule has 2 aliphatic heterocycles. The number of ether oxygens (including phenoxy) is 1. The summed E-state index contributed by atoms with van der Waals surface area (Å²) in [6.45, 7) is 9.65. The third-order valence-electron chi connectivity index (χ3n) is 7.33. The largest absolute Gasteiger partial charge is 0.444 e. The lowest BCUT2D eigenvalue weighted by molar-refractivity contribution is 0.0180. The van der Waals surface area contributed by atoms with Gasteiger partial charge in [0.05, 0.1) is 5.54 Å². The molecule has 1 aliphatic carbocycles. The maximum absolute atomic E-state index is 12.4. The lowest BCUT2D eigenvalue weighted by Gasteiger charge is -2.42. The maximum Gasteiger partial charge on any atom is 0.410 e. The molecule has 1 fully saturated rings. The summed E-state index contributed by atoms with van der Waals surface area (Å²) in [5, 5.41) is 4.45. The van der Waals surface area contributed by atoms with Crippen LogP contribution in [-0.2, 0) is 4.74 Å². The first-order chi connectivity index (χ1) is 16.1. The second-order valence-corrected chi connectivity index (χ2v) is 12.2. The molecule has 184 valence electrons. The highest BCUT2D eigenvalue weighted by molar-refractivity contribution is 9.12. The first-order valence-electron chi connectivity index (χ1n) is 12.4. The van der Waals surface area contributed by atoms with Crippen LogP contribution < -0.4 is 5.32 Å². The Hall–Kier alpha value is -1.72. The van der Waals surface area contributed by atoms with Crippen LogP contribution in [-0.4, -0.2) is 35.2 Å². The normalized spacial score (nSPS) is 24.9. The van der Waals surface area contributed by atoms with Crippen LogP contribution in [0.3, 0.4) is 0 Å². The number of nitrogens with one attached hydrogen (secondary N) is 1. The van der Waals surface area contributed by atoms with Crippen molar-refractivity contribution in [3.8, 4) is 0 Å². The summed E-state index contributed by atoms with van der Waals surface area (Å²) in [4.78, 5) is 14.2. The topological polar surface area (TPSA) is 41.6 Å². The van der Waals surface area contributed by atoms with Crippen molar-refractivity contribution < 1.29 is 9.53 Å². The first kappa shape index (κ1) is 25.4. The van der Waals surface area contributed by atoms with Gasteiger partial charge >= 0.3 is 6.09 Å². The fourth-order valence-corrected chi connectivity index (χ4v) is 6.50. The van der Waals surface area contributed by atoms with Gasteiger partial charge in [-0.2, -0.15) is 0 Å². The fourth-order valence-electron chi connectivity index (χ4n) is 5.53.